The van der Waals surface area contributed by atoms with Gasteiger partial charge in [0, 0.05) is 17.1 Å². The highest BCUT2D eigenvalue weighted by atomic mass is 79.9. The van der Waals surface area contributed by atoms with E-state index in [4.69, 9.17) is 0 Å². The van der Waals surface area contributed by atoms with Crippen LogP contribution >= 0.6 is 15.9 Å². The molecule has 40 heavy (non-hydrogen) atoms. The largest absolute Gasteiger partial charge is 0.352 e. The Labute approximate surface area is 246 Å². The van der Waals surface area contributed by atoms with Crippen LogP contribution in [0.3, 0.4) is 0 Å². The van der Waals surface area contributed by atoms with Crippen LogP contribution in [-0.4, -0.2) is 43.8 Å². The highest BCUT2D eigenvalue weighted by molar-refractivity contribution is 9.10. The Morgan fingerprint density at radius 2 is 1.55 bits per heavy atom. The van der Waals surface area contributed by atoms with Crippen molar-refractivity contribution in [3.8, 4) is 0 Å². The average Bonchev–Trinajstić information content (AvgIpc) is 2.95. The van der Waals surface area contributed by atoms with Gasteiger partial charge in [-0.25, -0.2) is 8.42 Å². The molecule has 2 amide bonds. The second kappa shape index (κ2) is 13.9. The predicted octanol–water partition coefficient (Wildman–Crippen LogP) is 5.85. The molecule has 1 N–H and O–H groups in total. The molecule has 0 saturated heterocycles. The Hall–Kier alpha value is -3.17. The minimum absolute atomic E-state index is 0.0607. The Morgan fingerprint density at radius 1 is 0.925 bits per heavy atom. The van der Waals surface area contributed by atoms with Gasteiger partial charge < -0.3 is 10.2 Å². The van der Waals surface area contributed by atoms with E-state index in [1.54, 1.807) is 43.3 Å². The van der Waals surface area contributed by atoms with Gasteiger partial charge in [-0.2, -0.15) is 0 Å². The van der Waals surface area contributed by atoms with Gasteiger partial charge in [0.05, 0.1) is 10.6 Å². The third kappa shape index (κ3) is 7.73. The molecule has 0 aromatic heterocycles. The van der Waals surface area contributed by atoms with E-state index in [0.29, 0.717) is 12.1 Å². The zero-order chi connectivity index (χ0) is 29.4. The third-order valence-corrected chi connectivity index (χ3v) is 9.27. The second-order valence-electron chi connectivity index (χ2n) is 9.95. The molecule has 3 aromatic rings. The summed E-state index contributed by atoms with van der Waals surface area (Å²) in [6.45, 7) is 9.07. The summed E-state index contributed by atoms with van der Waals surface area (Å²) in [6, 6.07) is 20.4. The van der Waals surface area contributed by atoms with E-state index < -0.39 is 28.5 Å². The topological polar surface area (TPSA) is 86.8 Å². The second-order valence-corrected chi connectivity index (χ2v) is 12.7. The molecule has 0 saturated carbocycles. The van der Waals surface area contributed by atoms with Crippen molar-refractivity contribution in [3.05, 3.63) is 94.0 Å². The summed E-state index contributed by atoms with van der Waals surface area (Å²) >= 11 is 3.43. The minimum atomic E-state index is -4.10. The molecule has 0 radical (unpaired) electrons. The van der Waals surface area contributed by atoms with Crippen molar-refractivity contribution in [3.63, 3.8) is 0 Å². The average molecular weight is 629 g/mol. The number of hydrogen-bond donors (Lipinski definition) is 1. The molecular weight excluding hydrogens is 590 g/mol. The third-order valence-electron chi connectivity index (χ3n) is 6.96. The van der Waals surface area contributed by atoms with Crippen LogP contribution in [0, 0.1) is 6.92 Å². The Balaban J connectivity index is 2.06. The lowest BCUT2D eigenvalue weighted by Gasteiger charge is -2.33. The van der Waals surface area contributed by atoms with Crippen molar-refractivity contribution >= 4 is 43.5 Å². The molecule has 0 bridgehead atoms. The van der Waals surface area contributed by atoms with Crippen molar-refractivity contribution in [2.45, 2.75) is 71.0 Å². The lowest BCUT2D eigenvalue weighted by Crippen LogP contribution is -2.52. The van der Waals surface area contributed by atoms with Gasteiger partial charge in [0.25, 0.3) is 10.0 Å². The molecule has 214 valence electrons. The van der Waals surface area contributed by atoms with Gasteiger partial charge in [0.15, 0.2) is 0 Å². The normalized spacial score (nSPS) is 12.8. The number of benzene rings is 3. The fraction of sp³-hybridized carbons (Fsp3) is 0.355. The number of carbonyl (C=O) groups is 2. The summed E-state index contributed by atoms with van der Waals surface area (Å²) in [5, 5.41) is 2.95. The molecule has 3 rings (SSSR count). The number of rotatable bonds is 12. The molecule has 0 aliphatic heterocycles. The smallest absolute Gasteiger partial charge is 0.264 e. The number of aryl methyl sites for hydroxylation is 2. The first-order valence-electron chi connectivity index (χ1n) is 13.5. The lowest BCUT2D eigenvalue weighted by atomic mass is 10.1. The monoisotopic (exact) mass is 627 g/mol. The number of nitrogens with zero attached hydrogens (tertiary/aromatic N) is 2. The molecule has 2 atom stereocenters. The number of carbonyl (C=O) groups excluding carboxylic acids is 2. The number of amides is 2. The Bertz CT molecular complexity index is 1410. The van der Waals surface area contributed by atoms with Gasteiger partial charge in [-0.3, -0.25) is 13.9 Å². The van der Waals surface area contributed by atoms with Crippen LogP contribution in [0.25, 0.3) is 0 Å². The van der Waals surface area contributed by atoms with E-state index in [1.165, 1.54) is 9.21 Å². The summed E-state index contributed by atoms with van der Waals surface area (Å²) < 4.78 is 30.1. The van der Waals surface area contributed by atoms with Crippen LogP contribution in [0.5, 0.6) is 0 Å². The van der Waals surface area contributed by atoms with Crippen molar-refractivity contribution in [2.75, 3.05) is 10.8 Å². The first kappa shape index (κ1) is 31.4. The van der Waals surface area contributed by atoms with Crippen LogP contribution in [-0.2, 0) is 32.6 Å². The van der Waals surface area contributed by atoms with Gasteiger partial charge in [-0.15, -0.1) is 0 Å². The fourth-order valence-electron chi connectivity index (χ4n) is 4.24. The minimum Gasteiger partial charge on any atom is -0.352 e. The van der Waals surface area contributed by atoms with E-state index in [1.807, 2.05) is 64.1 Å². The molecule has 0 unspecified atom stereocenters. The number of halogens is 1. The number of sulfonamides is 1. The number of nitrogens with one attached hydrogen (secondary N) is 1. The zero-order valence-corrected chi connectivity index (χ0v) is 26.1. The molecule has 0 aliphatic carbocycles. The summed E-state index contributed by atoms with van der Waals surface area (Å²) in [4.78, 5) is 28.8. The standard InChI is InChI=1S/C31H38BrN3O4S/c1-6-23(4)33-31(37)24(5)34(20-25-14-16-27(32)17-15-25)30(36)21-35(29-11-9-8-10-26(29)7-2)40(38,39)28-18-12-22(3)13-19-28/h8-19,23-24H,6-7,20-21H2,1-5H3,(H,33,37)/t23-,24-/m0/s1. The number of anilines is 1. The molecule has 9 heteroatoms. The van der Waals surface area contributed by atoms with Crippen molar-refractivity contribution in [1.29, 1.82) is 0 Å². The van der Waals surface area contributed by atoms with Gasteiger partial charge in [-0.1, -0.05) is 77.8 Å². The van der Waals surface area contributed by atoms with E-state index >= 15 is 0 Å². The van der Waals surface area contributed by atoms with Gasteiger partial charge >= 0.3 is 0 Å². The lowest BCUT2D eigenvalue weighted by molar-refractivity contribution is -0.139. The van der Waals surface area contributed by atoms with Crippen LogP contribution in [0.1, 0.15) is 50.8 Å². The van der Waals surface area contributed by atoms with Crippen LogP contribution < -0.4 is 9.62 Å². The molecule has 3 aromatic carbocycles. The SMILES string of the molecule is CCc1ccccc1N(CC(=O)N(Cc1ccc(Br)cc1)[C@@H](C)C(=O)N[C@@H](C)CC)S(=O)(=O)c1ccc(C)cc1. The molecule has 0 heterocycles. The molecule has 0 spiro atoms. The summed E-state index contributed by atoms with van der Waals surface area (Å²) in [5.74, 6) is -0.766. The highest BCUT2D eigenvalue weighted by Gasteiger charge is 2.33. The Kier molecular flexibility index (Phi) is 10.9. The first-order chi connectivity index (χ1) is 19.0. The van der Waals surface area contributed by atoms with Crippen LogP contribution in [0.2, 0.25) is 0 Å². The highest BCUT2D eigenvalue weighted by Crippen LogP contribution is 2.28. The van der Waals surface area contributed by atoms with Crippen molar-refractivity contribution in [2.24, 2.45) is 0 Å². The quantitative estimate of drug-likeness (QED) is 0.273. The van der Waals surface area contributed by atoms with Gasteiger partial charge in [0.2, 0.25) is 11.8 Å². The van der Waals surface area contributed by atoms with E-state index in [2.05, 4.69) is 21.2 Å². The fourth-order valence-corrected chi connectivity index (χ4v) is 5.95. The number of para-hydroxylation sites is 1. The van der Waals surface area contributed by atoms with Gasteiger partial charge in [-0.05, 0) is 75.1 Å². The van der Waals surface area contributed by atoms with Crippen molar-refractivity contribution < 1.29 is 18.0 Å². The zero-order valence-electron chi connectivity index (χ0n) is 23.7. The maximum Gasteiger partial charge on any atom is 0.264 e. The van der Waals surface area contributed by atoms with Crippen LogP contribution in [0.15, 0.2) is 82.2 Å². The van der Waals surface area contributed by atoms with E-state index in [-0.39, 0.29) is 23.4 Å². The van der Waals surface area contributed by atoms with Crippen LogP contribution in [0.4, 0.5) is 5.69 Å². The summed E-state index contributed by atoms with van der Waals surface area (Å²) in [7, 11) is -4.10. The first-order valence-corrected chi connectivity index (χ1v) is 15.7. The molecular formula is C31H38BrN3O4S. The predicted molar refractivity (Wildman–Crippen MR) is 164 cm³/mol. The maximum atomic E-state index is 14.1. The van der Waals surface area contributed by atoms with E-state index in [0.717, 1.165) is 27.6 Å². The summed E-state index contributed by atoms with van der Waals surface area (Å²) in [5.41, 5.74) is 2.99. The summed E-state index contributed by atoms with van der Waals surface area (Å²) in [6.07, 6.45) is 1.33. The maximum absolute atomic E-state index is 14.1. The van der Waals surface area contributed by atoms with Crippen molar-refractivity contribution in [1.82, 2.24) is 10.2 Å². The van der Waals surface area contributed by atoms with E-state index in [9.17, 15) is 18.0 Å². The number of hydrogen-bond acceptors (Lipinski definition) is 4. The molecule has 0 fully saturated rings. The Morgan fingerprint density at radius 3 is 2.15 bits per heavy atom. The van der Waals surface area contributed by atoms with Gasteiger partial charge in [0.1, 0.15) is 12.6 Å². The molecule has 0 aliphatic rings. The molecule has 7 nitrogen and oxygen atoms in total.